The minimum atomic E-state index is -0.409. The fourth-order valence-electron chi connectivity index (χ4n) is 9.28. The van der Waals surface area contributed by atoms with Gasteiger partial charge in [-0.2, -0.15) is 0 Å². The molecule has 0 aromatic heterocycles. The van der Waals surface area contributed by atoms with E-state index in [0.29, 0.717) is 37.9 Å². The number of esters is 2. The van der Waals surface area contributed by atoms with E-state index in [4.69, 9.17) is 18.9 Å². The van der Waals surface area contributed by atoms with Crippen molar-refractivity contribution in [3.05, 3.63) is 0 Å². The maximum absolute atomic E-state index is 12.6. The van der Waals surface area contributed by atoms with Crippen LogP contribution in [-0.2, 0) is 28.5 Å². The number of nitrogens with zero attached hydrogens (tertiary/aromatic N) is 1. The van der Waals surface area contributed by atoms with E-state index in [0.717, 1.165) is 70.9 Å². The van der Waals surface area contributed by atoms with Crippen LogP contribution in [0.25, 0.3) is 0 Å². The van der Waals surface area contributed by atoms with Gasteiger partial charge in [0, 0.05) is 32.2 Å². The lowest BCUT2D eigenvalue weighted by atomic mass is 9.92. The van der Waals surface area contributed by atoms with Crippen molar-refractivity contribution in [3.8, 4) is 0 Å². The molecule has 0 spiro atoms. The van der Waals surface area contributed by atoms with E-state index < -0.39 is 5.79 Å². The fourth-order valence-corrected chi connectivity index (χ4v) is 9.28. The van der Waals surface area contributed by atoms with Crippen molar-refractivity contribution in [1.29, 1.82) is 0 Å². The normalized spacial score (nSPS) is 16.9. The Morgan fingerprint density at radius 3 is 1.36 bits per heavy atom. The molecule has 0 amide bonds. The SMILES string of the molecule is CCCCCC(CCCCC)CC(=O)OCCCCCCCCC1(CCCCCCCCOC(=O)CC(CCCCC)CCCCC)OCC(CCN2CCCC2)O1. The van der Waals surface area contributed by atoms with Crippen LogP contribution in [0.2, 0.25) is 0 Å². The topological polar surface area (TPSA) is 74.3 Å². The van der Waals surface area contributed by atoms with Gasteiger partial charge in [-0.25, -0.2) is 0 Å². The second-order valence-electron chi connectivity index (χ2n) is 18.6. The molecule has 58 heavy (non-hydrogen) atoms. The molecule has 2 aliphatic rings. The molecule has 0 aromatic rings. The van der Waals surface area contributed by atoms with E-state index >= 15 is 0 Å². The second kappa shape index (κ2) is 36.5. The summed E-state index contributed by atoms with van der Waals surface area (Å²) in [6, 6.07) is 0. The zero-order chi connectivity index (χ0) is 41.8. The number of carbonyl (C=O) groups excluding carboxylic acids is 2. The lowest BCUT2D eigenvalue weighted by molar-refractivity contribution is -0.180. The number of ether oxygens (including phenoxy) is 4. The van der Waals surface area contributed by atoms with E-state index in [-0.39, 0.29) is 18.0 Å². The molecule has 2 aliphatic heterocycles. The summed E-state index contributed by atoms with van der Waals surface area (Å²) in [4.78, 5) is 27.8. The van der Waals surface area contributed by atoms with Crippen LogP contribution in [0, 0.1) is 11.8 Å². The van der Waals surface area contributed by atoms with Gasteiger partial charge < -0.3 is 23.8 Å². The van der Waals surface area contributed by atoms with Crippen molar-refractivity contribution >= 4 is 11.9 Å². The van der Waals surface area contributed by atoms with Gasteiger partial charge in [0.15, 0.2) is 5.79 Å². The van der Waals surface area contributed by atoms with Gasteiger partial charge in [-0.15, -0.1) is 0 Å². The van der Waals surface area contributed by atoms with Crippen LogP contribution >= 0.6 is 0 Å². The molecule has 2 saturated heterocycles. The van der Waals surface area contributed by atoms with Crippen molar-refractivity contribution in [2.75, 3.05) is 39.5 Å². The van der Waals surface area contributed by atoms with E-state index in [1.807, 2.05) is 0 Å². The summed E-state index contributed by atoms with van der Waals surface area (Å²) >= 11 is 0. The zero-order valence-electron chi connectivity index (χ0n) is 39.1. The van der Waals surface area contributed by atoms with Crippen LogP contribution < -0.4 is 0 Å². The summed E-state index contributed by atoms with van der Waals surface area (Å²) in [5.41, 5.74) is 0. The summed E-state index contributed by atoms with van der Waals surface area (Å²) in [5.74, 6) is 0.629. The van der Waals surface area contributed by atoms with E-state index in [1.54, 1.807) is 0 Å². The summed E-state index contributed by atoms with van der Waals surface area (Å²) < 4.78 is 24.7. The number of likely N-dealkylation sites (tertiary alicyclic amines) is 1. The molecule has 1 unspecified atom stereocenters. The van der Waals surface area contributed by atoms with Crippen LogP contribution in [-0.4, -0.2) is 68.2 Å². The first-order valence-corrected chi connectivity index (χ1v) is 25.8. The van der Waals surface area contributed by atoms with Crippen LogP contribution in [0.4, 0.5) is 0 Å². The third-order valence-electron chi connectivity index (χ3n) is 13.1. The van der Waals surface area contributed by atoms with Gasteiger partial charge in [-0.05, 0) is 95.6 Å². The van der Waals surface area contributed by atoms with Gasteiger partial charge in [0.2, 0.25) is 0 Å². The Morgan fingerprint density at radius 2 is 0.948 bits per heavy atom. The van der Waals surface area contributed by atoms with Crippen molar-refractivity contribution < 1.29 is 28.5 Å². The molecule has 2 rings (SSSR count). The molecule has 7 nitrogen and oxygen atoms in total. The minimum Gasteiger partial charge on any atom is -0.466 e. The monoisotopic (exact) mass is 820 g/mol. The average molecular weight is 820 g/mol. The largest absolute Gasteiger partial charge is 0.466 e. The standard InChI is InChI=1S/C51H97NO6/c1-5-9-21-31-46(32-22-10-6-2)43-49(53)55-41-29-19-15-13-17-25-36-51(57-45-48(58-51)35-40-52-38-27-28-39-52)37-26-18-14-16-20-30-42-56-50(54)44-47(33-23-11-7-3)34-24-12-8-4/h46-48H,5-45H2,1-4H3. The highest BCUT2D eigenvalue weighted by molar-refractivity contribution is 5.70. The van der Waals surface area contributed by atoms with Gasteiger partial charge in [-0.1, -0.05) is 156 Å². The molecule has 2 heterocycles. The molecular weight excluding hydrogens is 723 g/mol. The zero-order valence-corrected chi connectivity index (χ0v) is 39.1. The molecule has 342 valence electrons. The third-order valence-corrected chi connectivity index (χ3v) is 13.1. The number of unbranched alkanes of at least 4 members (excludes halogenated alkanes) is 18. The molecule has 2 fully saturated rings. The first-order valence-electron chi connectivity index (χ1n) is 25.8. The van der Waals surface area contributed by atoms with Crippen LogP contribution in [0.1, 0.15) is 252 Å². The number of rotatable bonds is 41. The first kappa shape index (κ1) is 53.0. The third kappa shape index (κ3) is 27.6. The summed E-state index contributed by atoms with van der Waals surface area (Å²) in [6.45, 7) is 14.5. The Labute approximate surface area is 360 Å². The van der Waals surface area contributed by atoms with Gasteiger partial charge in [0.25, 0.3) is 0 Å². The van der Waals surface area contributed by atoms with E-state index in [2.05, 4.69) is 32.6 Å². The van der Waals surface area contributed by atoms with Crippen molar-refractivity contribution in [2.24, 2.45) is 11.8 Å². The Bertz CT molecular complexity index is 877. The molecule has 0 radical (unpaired) electrons. The van der Waals surface area contributed by atoms with Gasteiger partial charge >= 0.3 is 11.9 Å². The van der Waals surface area contributed by atoms with Gasteiger partial charge in [-0.3, -0.25) is 9.59 Å². The van der Waals surface area contributed by atoms with Gasteiger partial charge in [0.05, 0.1) is 25.9 Å². The Kier molecular flexibility index (Phi) is 33.3. The summed E-state index contributed by atoms with van der Waals surface area (Å²) in [5, 5.41) is 0. The van der Waals surface area contributed by atoms with Crippen molar-refractivity contribution in [1.82, 2.24) is 4.90 Å². The maximum Gasteiger partial charge on any atom is 0.306 e. The number of hydrogen-bond donors (Lipinski definition) is 0. The lowest BCUT2D eigenvalue weighted by Gasteiger charge is -2.29. The van der Waals surface area contributed by atoms with Crippen LogP contribution in [0.3, 0.4) is 0 Å². The molecule has 0 N–H and O–H groups in total. The molecule has 7 heteroatoms. The number of hydrogen-bond acceptors (Lipinski definition) is 7. The Balaban J connectivity index is 1.62. The quantitative estimate of drug-likeness (QED) is 0.0449. The number of carbonyl (C=O) groups is 2. The molecule has 0 bridgehead atoms. The van der Waals surface area contributed by atoms with E-state index in [9.17, 15) is 9.59 Å². The van der Waals surface area contributed by atoms with Crippen molar-refractivity contribution in [2.45, 2.75) is 264 Å². The molecule has 0 saturated carbocycles. The highest BCUT2D eigenvalue weighted by Crippen LogP contribution is 2.36. The van der Waals surface area contributed by atoms with Gasteiger partial charge in [0.1, 0.15) is 0 Å². The summed E-state index contributed by atoms with van der Waals surface area (Å²) in [7, 11) is 0. The lowest BCUT2D eigenvalue weighted by Crippen LogP contribution is -2.32. The van der Waals surface area contributed by atoms with Crippen LogP contribution in [0.15, 0.2) is 0 Å². The fraction of sp³-hybridized carbons (Fsp3) is 0.961. The first-order chi connectivity index (χ1) is 28.4. The molecular formula is C51H97NO6. The Morgan fingerprint density at radius 1 is 0.552 bits per heavy atom. The predicted octanol–water partition coefficient (Wildman–Crippen LogP) is 14.5. The second-order valence-corrected chi connectivity index (χ2v) is 18.6. The predicted molar refractivity (Wildman–Crippen MR) is 243 cm³/mol. The smallest absolute Gasteiger partial charge is 0.306 e. The molecule has 0 aliphatic carbocycles. The minimum absolute atomic E-state index is 0.0194. The Hall–Kier alpha value is -1.18. The average Bonchev–Trinajstić information content (AvgIpc) is 3.89. The highest BCUT2D eigenvalue weighted by atomic mass is 16.7. The maximum atomic E-state index is 12.6. The molecule has 0 aromatic carbocycles. The highest BCUT2D eigenvalue weighted by Gasteiger charge is 2.40. The van der Waals surface area contributed by atoms with Crippen LogP contribution in [0.5, 0.6) is 0 Å². The van der Waals surface area contributed by atoms with Crippen molar-refractivity contribution in [3.63, 3.8) is 0 Å². The summed E-state index contributed by atoms with van der Waals surface area (Å²) in [6.07, 6.45) is 40.5. The molecule has 1 atom stereocenters. The van der Waals surface area contributed by atoms with E-state index in [1.165, 1.54) is 167 Å².